The van der Waals surface area contributed by atoms with E-state index in [9.17, 15) is 9.65 Å². The summed E-state index contributed by atoms with van der Waals surface area (Å²) in [5.74, 6) is 1.81. The van der Waals surface area contributed by atoms with Crippen LogP contribution < -0.4 is 19.5 Å². The Kier molecular flexibility index (Phi) is 11.3. The highest BCUT2D eigenvalue weighted by molar-refractivity contribution is 6.35. The normalized spacial score (nSPS) is 21.5. The molecule has 8 rings (SSSR count). The molecule has 0 unspecified atom stereocenters. The van der Waals surface area contributed by atoms with Gasteiger partial charge in [0.1, 0.15) is 42.2 Å². The van der Waals surface area contributed by atoms with Gasteiger partial charge in [-0.05, 0) is 85.3 Å². The number of pyridine rings is 1. The van der Waals surface area contributed by atoms with Gasteiger partial charge in [-0.2, -0.15) is 5.26 Å². The molecule has 282 valence electrons. The van der Waals surface area contributed by atoms with Gasteiger partial charge in [-0.25, -0.2) is 4.39 Å². The average molecular weight is 770 g/mol. The summed E-state index contributed by atoms with van der Waals surface area (Å²) in [6, 6.07) is 19.7. The molecule has 1 aliphatic heterocycles. The second kappa shape index (κ2) is 16.5. The Morgan fingerprint density at radius 2 is 1.76 bits per heavy atom. The molecule has 1 saturated heterocycles. The van der Waals surface area contributed by atoms with E-state index in [4.69, 9.17) is 37.4 Å². The van der Waals surface area contributed by atoms with E-state index in [0.29, 0.717) is 57.8 Å². The molecule has 1 N–H and O–H groups in total. The number of nitrogens with zero attached hydrogens (tertiary/aromatic N) is 3. The van der Waals surface area contributed by atoms with Crippen molar-refractivity contribution >= 4 is 23.2 Å². The number of benzene rings is 3. The van der Waals surface area contributed by atoms with Crippen molar-refractivity contribution in [3.8, 4) is 34.4 Å². The maximum atomic E-state index is 14.7. The van der Waals surface area contributed by atoms with Crippen LogP contribution >= 0.6 is 23.2 Å². The summed E-state index contributed by atoms with van der Waals surface area (Å²) in [6.07, 6.45) is 12.2. The zero-order valence-electron chi connectivity index (χ0n) is 30.6. The molecule has 54 heavy (non-hydrogen) atoms. The fraction of sp³-hybridized carbons (Fsp3) is 0.455. The third kappa shape index (κ3) is 8.07. The Hall–Kier alpha value is -3.87. The van der Waals surface area contributed by atoms with Crippen molar-refractivity contribution in [2.24, 2.45) is 5.41 Å². The van der Waals surface area contributed by atoms with Gasteiger partial charge in [-0.3, -0.25) is 4.98 Å². The van der Waals surface area contributed by atoms with Gasteiger partial charge in [0.2, 0.25) is 0 Å². The highest BCUT2D eigenvalue weighted by Gasteiger charge is 2.46. The number of halogens is 3. The zero-order valence-corrected chi connectivity index (χ0v) is 32.1. The van der Waals surface area contributed by atoms with Crippen LogP contribution in [0.3, 0.4) is 0 Å². The summed E-state index contributed by atoms with van der Waals surface area (Å²) in [5.41, 5.74) is 7.02. The molecule has 0 amide bonds. The fourth-order valence-corrected chi connectivity index (χ4v) is 9.30. The predicted molar refractivity (Wildman–Crippen MR) is 210 cm³/mol. The van der Waals surface area contributed by atoms with Crippen molar-refractivity contribution in [3.05, 3.63) is 105 Å². The van der Waals surface area contributed by atoms with Crippen LogP contribution in [-0.4, -0.2) is 48.3 Å². The number of alkyl halides is 1. The van der Waals surface area contributed by atoms with Crippen LogP contribution in [0.25, 0.3) is 11.1 Å². The number of nitrogens with one attached hydrogen (secondary N) is 1. The minimum Gasteiger partial charge on any atom is -0.492 e. The quantitative estimate of drug-likeness (QED) is 0.128. The molecule has 4 aromatic rings. The topological polar surface area (TPSA) is 79.6 Å². The van der Waals surface area contributed by atoms with Gasteiger partial charge in [0.15, 0.2) is 0 Å². The molecule has 0 bridgehead atoms. The standard InChI is InChI=1S/C44H47Cl2FN4O3/c45-36-20-31(25-50-38-11-2-1-10-37(38)47)41(53-26-30-19-29(22-48)23-49-24-30)21-42(36)54-39-14-13-33-32(7-3-8-34(33)39)35-9-4-12-40(43(35)46)52-18-6-17-51-27-44(28-51)15-5-16-44/h3-4,7-9,12,19-21,23-24,37-39,50H,1-2,5-6,10-11,13-18,25-28H2/t37-,38+,39-/m0/s1. The zero-order chi connectivity index (χ0) is 37.1. The van der Waals surface area contributed by atoms with E-state index in [-0.39, 0.29) is 18.8 Å². The van der Waals surface area contributed by atoms with Crippen LogP contribution in [0.1, 0.15) is 91.7 Å². The predicted octanol–water partition coefficient (Wildman–Crippen LogP) is 10.2. The molecule has 10 heteroatoms. The van der Waals surface area contributed by atoms with Crippen LogP contribution in [0.15, 0.2) is 67.0 Å². The number of hydrogen-bond donors (Lipinski definition) is 1. The van der Waals surface area contributed by atoms with E-state index >= 15 is 0 Å². The first-order valence-corrected chi connectivity index (χ1v) is 20.2. The van der Waals surface area contributed by atoms with Crippen LogP contribution in [0, 0.1) is 16.7 Å². The number of nitriles is 1. The first-order chi connectivity index (χ1) is 26.4. The molecule has 3 fully saturated rings. The lowest BCUT2D eigenvalue weighted by Crippen LogP contribution is -2.59. The molecule has 7 nitrogen and oxygen atoms in total. The number of rotatable bonds is 14. The van der Waals surface area contributed by atoms with Crippen LogP contribution in [0.4, 0.5) is 4.39 Å². The van der Waals surface area contributed by atoms with Gasteiger partial charge in [0.25, 0.3) is 0 Å². The average Bonchev–Trinajstić information content (AvgIpc) is 3.57. The van der Waals surface area contributed by atoms with Crippen molar-refractivity contribution in [2.75, 3.05) is 26.2 Å². The molecule has 3 aliphatic carbocycles. The second-order valence-corrected chi connectivity index (χ2v) is 16.3. The van der Waals surface area contributed by atoms with Crippen molar-refractivity contribution in [2.45, 2.75) is 95.7 Å². The smallest absolute Gasteiger partial charge is 0.142 e. The van der Waals surface area contributed by atoms with E-state index in [1.54, 1.807) is 12.3 Å². The number of hydrogen-bond acceptors (Lipinski definition) is 7. The molecule has 0 radical (unpaired) electrons. The minimum atomic E-state index is -0.877. The third-order valence-electron chi connectivity index (χ3n) is 11.8. The van der Waals surface area contributed by atoms with Crippen molar-refractivity contribution < 1.29 is 18.6 Å². The lowest BCUT2D eigenvalue weighted by molar-refractivity contribution is -0.0608. The Balaban J connectivity index is 0.970. The summed E-state index contributed by atoms with van der Waals surface area (Å²) in [4.78, 5) is 6.72. The van der Waals surface area contributed by atoms with E-state index < -0.39 is 6.17 Å². The number of ether oxygens (including phenoxy) is 3. The maximum Gasteiger partial charge on any atom is 0.142 e. The SMILES string of the molecule is N#Cc1cncc(COc2cc(O[C@H]3CCc4c(-c5cccc(OCCCN6CC7(CCC7)C6)c5Cl)cccc43)c(Cl)cc2CN[C@@H]2CCCC[C@@H]2F)c1. The van der Waals surface area contributed by atoms with Crippen molar-refractivity contribution in [1.82, 2.24) is 15.2 Å². The van der Waals surface area contributed by atoms with E-state index in [1.807, 2.05) is 24.3 Å². The van der Waals surface area contributed by atoms with Gasteiger partial charge in [0, 0.05) is 67.4 Å². The highest BCUT2D eigenvalue weighted by Crippen LogP contribution is 2.48. The molecule has 2 saturated carbocycles. The van der Waals surface area contributed by atoms with E-state index in [1.165, 1.54) is 44.1 Å². The molecular formula is C44H47Cl2FN4O3. The Morgan fingerprint density at radius 1 is 0.926 bits per heavy atom. The Bertz CT molecular complexity index is 2010. The Morgan fingerprint density at radius 3 is 2.57 bits per heavy atom. The number of fused-ring (bicyclic) bond motifs is 1. The lowest BCUT2D eigenvalue weighted by atomic mass is 9.63. The summed E-state index contributed by atoms with van der Waals surface area (Å²) < 4.78 is 34.0. The highest BCUT2D eigenvalue weighted by atomic mass is 35.5. The molecule has 1 aromatic heterocycles. The van der Waals surface area contributed by atoms with Crippen molar-refractivity contribution in [1.29, 1.82) is 5.26 Å². The van der Waals surface area contributed by atoms with Crippen LogP contribution in [-0.2, 0) is 19.6 Å². The van der Waals surface area contributed by atoms with Gasteiger partial charge in [0.05, 0.1) is 22.2 Å². The van der Waals surface area contributed by atoms with E-state index in [0.717, 1.165) is 72.9 Å². The first kappa shape index (κ1) is 37.1. The maximum absolute atomic E-state index is 14.7. The van der Waals surface area contributed by atoms with E-state index in [2.05, 4.69) is 45.5 Å². The monoisotopic (exact) mass is 768 g/mol. The fourth-order valence-electron chi connectivity index (χ4n) is 8.78. The largest absolute Gasteiger partial charge is 0.492 e. The number of likely N-dealkylation sites (tertiary alicyclic amines) is 1. The molecule has 3 aromatic carbocycles. The lowest BCUT2D eigenvalue weighted by Gasteiger charge is -2.56. The van der Waals surface area contributed by atoms with Gasteiger partial charge in [-0.15, -0.1) is 0 Å². The first-order valence-electron chi connectivity index (χ1n) is 19.5. The van der Waals surface area contributed by atoms with Crippen LogP contribution in [0.5, 0.6) is 17.2 Å². The minimum absolute atomic E-state index is 0.198. The molecular weight excluding hydrogens is 722 g/mol. The summed E-state index contributed by atoms with van der Waals surface area (Å²) in [6.45, 7) is 4.79. The summed E-state index contributed by atoms with van der Waals surface area (Å²) in [5, 5.41) is 13.9. The van der Waals surface area contributed by atoms with Gasteiger partial charge in [-0.1, -0.05) is 72.8 Å². The third-order valence-corrected chi connectivity index (χ3v) is 12.5. The molecule has 2 heterocycles. The molecule has 4 aliphatic rings. The molecule has 1 spiro atoms. The summed E-state index contributed by atoms with van der Waals surface area (Å²) >= 11 is 14.0. The van der Waals surface area contributed by atoms with Crippen molar-refractivity contribution in [3.63, 3.8) is 0 Å². The van der Waals surface area contributed by atoms with Gasteiger partial charge >= 0.3 is 0 Å². The Labute approximate surface area is 327 Å². The second-order valence-electron chi connectivity index (χ2n) is 15.6. The molecule has 3 atom stereocenters. The van der Waals surface area contributed by atoms with Crippen LogP contribution in [0.2, 0.25) is 10.0 Å². The summed E-state index contributed by atoms with van der Waals surface area (Å²) in [7, 11) is 0. The van der Waals surface area contributed by atoms with Gasteiger partial charge < -0.3 is 24.4 Å². The number of aromatic nitrogens is 1.